The molecule has 0 amide bonds. The molecule has 1 aromatic carbocycles. The maximum Gasteiger partial charge on any atom is 0.335 e. The van der Waals surface area contributed by atoms with Gasteiger partial charge in [-0.2, -0.15) is 4.99 Å². The first-order valence-corrected chi connectivity index (χ1v) is 5.52. The van der Waals surface area contributed by atoms with E-state index in [0.29, 0.717) is 5.56 Å². The fraction of sp³-hybridized carbons (Fsp3) is 0.385. The van der Waals surface area contributed by atoms with Gasteiger partial charge in [0, 0.05) is 0 Å². The monoisotopic (exact) mass is 231 g/mol. The van der Waals surface area contributed by atoms with Gasteiger partial charge in [0.2, 0.25) is 6.08 Å². The van der Waals surface area contributed by atoms with Crippen LogP contribution in [-0.2, 0) is 10.3 Å². The standard InChI is InChI=1S/C13H13NO3/c1-9-3-4-10(7-11(9)12(16)17)13(14-8-15)5-2-6-13/h3-4,7H,2,5-6H2,1H3,(H,16,17). The van der Waals surface area contributed by atoms with Crippen LogP contribution < -0.4 is 0 Å². The number of nitrogens with zero attached hydrogens (tertiary/aromatic N) is 1. The topological polar surface area (TPSA) is 66.7 Å². The maximum absolute atomic E-state index is 11.1. The minimum Gasteiger partial charge on any atom is -0.478 e. The molecule has 1 N–H and O–H groups in total. The van der Waals surface area contributed by atoms with Gasteiger partial charge in [0.05, 0.1) is 11.1 Å². The predicted octanol–water partition coefficient (Wildman–Crippen LogP) is 2.41. The molecule has 0 aromatic heterocycles. The van der Waals surface area contributed by atoms with E-state index in [-0.39, 0.29) is 5.56 Å². The third kappa shape index (κ3) is 1.87. The molecule has 0 bridgehead atoms. The third-order valence-corrected chi connectivity index (χ3v) is 3.45. The lowest BCUT2D eigenvalue weighted by Crippen LogP contribution is -2.32. The first-order chi connectivity index (χ1) is 8.09. The van der Waals surface area contributed by atoms with Crippen molar-refractivity contribution in [2.24, 2.45) is 4.99 Å². The van der Waals surface area contributed by atoms with Crippen molar-refractivity contribution in [3.63, 3.8) is 0 Å². The summed E-state index contributed by atoms with van der Waals surface area (Å²) in [6.45, 7) is 1.75. The number of benzene rings is 1. The highest BCUT2D eigenvalue weighted by Crippen LogP contribution is 2.45. The zero-order valence-electron chi connectivity index (χ0n) is 9.56. The number of rotatable bonds is 3. The Bertz CT molecular complexity index is 511. The van der Waals surface area contributed by atoms with Crippen LogP contribution in [0.4, 0.5) is 0 Å². The molecule has 17 heavy (non-hydrogen) atoms. The van der Waals surface area contributed by atoms with E-state index in [4.69, 9.17) is 5.11 Å². The summed E-state index contributed by atoms with van der Waals surface area (Å²) in [4.78, 5) is 25.4. The van der Waals surface area contributed by atoms with E-state index >= 15 is 0 Å². The number of carbonyl (C=O) groups is 1. The van der Waals surface area contributed by atoms with Gasteiger partial charge in [0.1, 0.15) is 0 Å². The molecule has 4 nitrogen and oxygen atoms in total. The fourth-order valence-corrected chi connectivity index (χ4v) is 2.21. The number of hydrogen-bond donors (Lipinski definition) is 1. The fourth-order valence-electron chi connectivity index (χ4n) is 2.21. The van der Waals surface area contributed by atoms with E-state index < -0.39 is 11.5 Å². The first kappa shape index (κ1) is 11.6. The molecule has 0 radical (unpaired) electrons. The molecule has 0 atom stereocenters. The zero-order valence-corrected chi connectivity index (χ0v) is 9.56. The van der Waals surface area contributed by atoms with Gasteiger partial charge in [-0.3, -0.25) is 0 Å². The summed E-state index contributed by atoms with van der Waals surface area (Å²) in [5.74, 6) is -0.950. The Balaban J connectivity index is 2.49. The maximum atomic E-state index is 11.1. The molecular formula is C13H13NO3. The second kappa shape index (κ2) is 4.15. The third-order valence-electron chi connectivity index (χ3n) is 3.45. The summed E-state index contributed by atoms with van der Waals surface area (Å²) in [7, 11) is 0. The van der Waals surface area contributed by atoms with Gasteiger partial charge in [-0.05, 0) is 43.4 Å². The van der Waals surface area contributed by atoms with E-state index in [1.54, 1.807) is 25.1 Å². The summed E-state index contributed by atoms with van der Waals surface area (Å²) >= 11 is 0. The summed E-state index contributed by atoms with van der Waals surface area (Å²) in [6, 6.07) is 5.23. The molecule has 0 spiro atoms. The highest BCUT2D eigenvalue weighted by atomic mass is 16.4. The SMILES string of the molecule is Cc1ccc(C2(N=C=O)CCC2)cc1C(=O)O. The van der Waals surface area contributed by atoms with Gasteiger partial charge in [-0.25, -0.2) is 9.59 Å². The Morgan fingerprint density at radius 3 is 2.65 bits per heavy atom. The van der Waals surface area contributed by atoms with Crippen molar-refractivity contribution in [3.05, 3.63) is 34.9 Å². The predicted molar refractivity (Wildman–Crippen MR) is 61.8 cm³/mol. The molecule has 0 heterocycles. The van der Waals surface area contributed by atoms with Gasteiger partial charge >= 0.3 is 5.97 Å². The van der Waals surface area contributed by atoms with Crippen LogP contribution in [0, 0.1) is 6.92 Å². The number of isocyanates is 1. The molecule has 0 saturated heterocycles. The average molecular weight is 231 g/mol. The molecular weight excluding hydrogens is 218 g/mol. The van der Waals surface area contributed by atoms with Crippen molar-refractivity contribution in [2.75, 3.05) is 0 Å². The molecule has 4 heteroatoms. The van der Waals surface area contributed by atoms with Crippen LogP contribution in [0.2, 0.25) is 0 Å². The average Bonchev–Trinajstić information content (AvgIpc) is 2.24. The first-order valence-electron chi connectivity index (χ1n) is 5.52. The number of hydrogen-bond acceptors (Lipinski definition) is 3. The molecule has 0 aliphatic heterocycles. The van der Waals surface area contributed by atoms with E-state index in [9.17, 15) is 9.59 Å². The number of aromatic carboxylic acids is 1. The number of carboxylic acids is 1. The normalized spacial score (nSPS) is 16.8. The molecule has 1 saturated carbocycles. The van der Waals surface area contributed by atoms with Crippen LogP contribution in [0.15, 0.2) is 23.2 Å². The summed E-state index contributed by atoms with van der Waals surface area (Å²) in [5, 5.41) is 9.07. The van der Waals surface area contributed by atoms with Crippen LogP contribution >= 0.6 is 0 Å². The lowest BCUT2D eigenvalue weighted by Gasteiger charge is -2.37. The van der Waals surface area contributed by atoms with E-state index in [0.717, 1.165) is 24.8 Å². The van der Waals surface area contributed by atoms with E-state index in [1.165, 1.54) is 0 Å². The molecule has 0 unspecified atom stereocenters. The van der Waals surface area contributed by atoms with Crippen LogP contribution in [0.25, 0.3) is 0 Å². The quantitative estimate of drug-likeness (QED) is 0.641. The van der Waals surface area contributed by atoms with Crippen LogP contribution in [-0.4, -0.2) is 17.2 Å². The summed E-state index contributed by atoms with van der Waals surface area (Å²) in [5.41, 5.74) is 1.26. The van der Waals surface area contributed by atoms with Crippen LogP contribution in [0.5, 0.6) is 0 Å². The minimum atomic E-state index is -0.950. The number of carbonyl (C=O) groups excluding carboxylic acids is 1. The van der Waals surface area contributed by atoms with Crippen molar-refractivity contribution >= 4 is 12.0 Å². The Kier molecular flexibility index (Phi) is 2.82. The smallest absolute Gasteiger partial charge is 0.335 e. The summed E-state index contributed by atoms with van der Waals surface area (Å²) in [6.07, 6.45) is 4.17. The number of aryl methyl sites for hydroxylation is 1. The van der Waals surface area contributed by atoms with E-state index in [1.807, 2.05) is 6.07 Å². The van der Waals surface area contributed by atoms with Gasteiger partial charge in [0.15, 0.2) is 0 Å². The second-order valence-corrected chi connectivity index (χ2v) is 4.42. The van der Waals surface area contributed by atoms with Crippen LogP contribution in [0.1, 0.15) is 40.7 Å². The van der Waals surface area contributed by atoms with Crippen molar-refractivity contribution in [3.8, 4) is 0 Å². The second-order valence-electron chi connectivity index (χ2n) is 4.42. The Morgan fingerprint density at radius 1 is 1.47 bits per heavy atom. The largest absolute Gasteiger partial charge is 0.478 e. The van der Waals surface area contributed by atoms with Crippen LogP contribution in [0.3, 0.4) is 0 Å². The highest BCUT2D eigenvalue weighted by molar-refractivity contribution is 5.89. The van der Waals surface area contributed by atoms with E-state index in [2.05, 4.69) is 4.99 Å². The Labute approximate surface area is 99.0 Å². The van der Waals surface area contributed by atoms with Crippen molar-refractivity contribution in [1.82, 2.24) is 0 Å². The molecule has 1 aliphatic carbocycles. The van der Waals surface area contributed by atoms with Gasteiger partial charge in [-0.1, -0.05) is 12.1 Å². The molecule has 88 valence electrons. The van der Waals surface area contributed by atoms with Gasteiger partial charge in [0.25, 0.3) is 0 Å². The Hall–Kier alpha value is -1.93. The molecule has 1 fully saturated rings. The minimum absolute atomic E-state index is 0.273. The summed E-state index contributed by atoms with van der Waals surface area (Å²) < 4.78 is 0. The van der Waals surface area contributed by atoms with Gasteiger partial charge < -0.3 is 5.11 Å². The lowest BCUT2D eigenvalue weighted by atomic mass is 9.72. The number of carboxylic acid groups (broad SMARTS) is 1. The molecule has 2 rings (SSSR count). The van der Waals surface area contributed by atoms with Gasteiger partial charge in [-0.15, -0.1) is 0 Å². The van der Waals surface area contributed by atoms with Crippen molar-refractivity contribution in [1.29, 1.82) is 0 Å². The van der Waals surface area contributed by atoms with Crippen molar-refractivity contribution in [2.45, 2.75) is 31.7 Å². The molecule has 1 aliphatic rings. The lowest BCUT2D eigenvalue weighted by molar-refractivity contribution is 0.0695. The molecule has 1 aromatic rings. The van der Waals surface area contributed by atoms with Crippen molar-refractivity contribution < 1.29 is 14.7 Å². The zero-order chi connectivity index (χ0) is 12.5. The highest BCUT2D eigenvalue weighted by Gasteiger charge is 2.39. The number of aliphatic imine (C=N–C) groups is 1. The Morgan fingerprint density at radius 2 is 2.18 bits per heavy atom.